The summed E-state index contributed by atoms with van der Waals surface area (Å²) >= 11 is 6.35. The highest BCUT2D eigenvalue weighted by molar-refractivity contribution is 6.33. The van der Waals surface area contributed by atoms with Crippen LogP contribution in [0.3, 0.4) is 0 Å². The first-order valence-electron chi connectivity index (χ1n) is 9.29. The maximum atomic E-state index is 13.1. The van der Waals surface area contributed by atoms with Gasteiger partial charge in [-0.05, 0) is 12.5 Å². The second-order valence-corrected chi connectivity index (χ2v) is 6.94. The third kappa shape index (κ3) is 4.26. The average molecular weight is 415 g/mol. The molecule has 152 valence electrons. The summed E-state index contributed by atoms with van der Waals surface area (Å²) in [7, 11) is 1.60. The molecule has 0 fully saturated rings. The molecule has 7 nitrogen and oxygen atoms in total. The zero-order valence-corrected chi connectivity index (χ0v) is 17.1. The number of nitrogens with zero attached hydrogens (tertiary/aromatic N) is 3. The lowest BCUT2D eigenvalue weighted by molar-refractivity contribution is 0.0812. The number of amides is 1. The van der Waals surface area contributed by atoms with Crippen molar-refractivity contribution in [3.8, 4) is 11.3 Å². The number of halogens is 1. The van der Waals surface area contributed by atoms with Crippen LogP contribution < -0.4 is 10.9 Å². The van der Waals surface area contributed by atoms with E-state index in [-0.39, 0.29) is 35.5 Å². The molecule has 0 saturated heterocycles. The van der Waals surface area contributed by atoms with Gasteiger partial charge >= 0.3 is 0 Å². The van der Waals surface area contributed by atoms with Crippen molar-refractivity contribution in [3.05, 3.63) is 70.4 Å². The van der Waals surface area contributed by atoms with Crippen LogP contribution in [0.25, 0.3) is 16.9 Å². The molecule has 1 N–H and O–H groups in total. The van der Waals surface area contributed by atoms with E-state index in [0.717, 1.165) is 6.42 Å². The van der Waals surface area contributed by atoms with Crippen LogP contribution in [0, 0.1) is 0 Å². The fraction of sp³-hybridized carbons (Fsp3) is 0.286. The molecule has 8 heteroatoms. The van der Waals surface area contributed by atoms with Gasteiger partial charge in [0.05, 0.1) is 11.8 Å². The number of benzene rings is 1. The van der Waals surface area contributed by atoms with E-state index in [1.165, 1.54) is 4.57 Å². The topological polar surface area (TPSA) is 77.6 Å². The SMILES string of the molecule is C=CCn1c(-c2ccccc2Cl)cn2cc(C(=O)NC[C@@H](CC)OC)nc2c1=O. The molecule has 0 aliphatic carbocycles. The molecule has 0 spiro atoms. The number of methoxy groups -OCH3 is 1. The fourth-order valence-corrected chi connectivity index (χ4v) is 3.31. The summed E-state index contributed by atoms with van der Waals surface area (Å²) in [6.45, 7) is 6.36. The Morgan fingerprint density at radius 3 is 2.79 bits per heavy atom. The van der Waals surface area contributed by atoms with Gasteiger partial charge in [-0.25, -0.2) is 4.98 Å². The average Bonchev–Trinajstić information content (AvgIpc) is 3.16. The van der Waals surface area contributed by atoms with E-state index in [4.69, 9.17) is 16.3 Å². The summed E-state index contributed by atoms with van der Waals surface area (Å²) in [5.74, 6) is -0.363. The number of carbonyl (C=O) groups excluding carboxylic acids is 1. The molecule has 1 aromatic carbocycles. The van der Waals surface area contributed by atoms with Gasteiger partial charge in [-0.3, -0.25) is 18.6 Å². The number of carbonyl (C=O) groups is 1. The summed E-state index contributed by atoms with van der Waals surface area (Å²) in [6, 6.07) is 7.27. The van der Waals surface area contributed by atoms with Crippen molar-refractivity contribution in [1.29, 1.82) is 0 Å². The minimum atomic E-state index is -0.363. The van der Waals surface area contributed by atoms with Crippen molar-refractivity contribution in [2.24, 2.45) is 0 Å². The largest absolute Gasteiger partial charge is 0.380 e. The van der Waals surface area contributed by atoms with E-state index < -0.39 is 0 Å². The van der Waals surface area contributed by atoms with Crippen molar-refractivity contribution in [2.75, 3.05) is 13.7 Å². The lowest BCUT2D eigenvalue weighted by Gasteiger charge is -2.13. The van der Waals surface area contributed by atoms with Crippen molar-refractivity contribution >= 4 is 23.2 Å². The van der Waals surface area contributed by atoms with Crippen LogP contribution in [0.1, 0.15) is 23.8 Å². The van der Waals surface area contributed by atoms with Crippen molar-refractivity contribution in [2.45, 2.75) is 26.0 Å². The number of imidazole rings is 1. The monoisotopic (exact) mass is 414 g/mol. The van der Waals surface area contributed by atoms with Crippen molar-refractivity contribution in [1.82, 2.24) is 19.3 Å². The smallest absolute Gasteiger partial charge is 0.295 e. The van der Waals surface area contributed by atoms with E-state index in [1.807, 2.05) is 25.1 Å². The number of allylic oxidation sites excluding steroid dienone is 1. The standard InChI is InChI=1S/C21H23ClN4O3/c1-4-10-26-18(15-8-6-7-9-16(15)22)13-25-12-17(24-19(25)21(26)28)20(27)23-11-14(5-2)29-3/h4,6-9,12-14H,1,5,10-11H2,2-3H3,(H,23,27)/t14-/m1/s1. The molecule has 0 aliphatic rings. The Morgan fingerprint density at radius 2 is 2.14 bits per heavy atom. The fourth-order valence-electron chi connectivity index (χ4n) is 3.08. The quantitative estimate of drug-likeness (QED) is 0.574. The number of nitrogens with one attached hydrogen (secondary N) is 1. The lowest BCUT2D eigenvalue weighted by atomic mass is 10.1. The third-order valence-electron chi connectivity index (χ3n) is 4.69. The number of ether oxygens (including phenoxy) is 1. The van der Waals surface area contributed by atoms with E-state index in [9.17, 15) is 9.59 Å². The van der Waals surface area contributed by atoms with Gasteiger partial charge in [-0.2, -0.15) is 0 Å². The van der Waals surface area contributed by atoms with Crippen molar-refractivity contribution < 1.29 is 9.53 Å². The van der Waals surface area contributed by atoms with Crippen LogP contribution in [0.5, 0.6) is 0 Å². The minimum Gasteiger partial charge on any atom is -0.380 e. The van der Waals surface area contributed by atoms with Gasteiger partial charge in [0.25, 0.3) is 11.5 Å². The zero-order valence-electron chi connectivity index (χ0n) is 16.4. The van der Waals surface area contributed by atoms with Crippen LogP contribution >= 0.6 is 11.6 Å². The van der Waals surface area contributed by atoms with Gasteiger partial charge in [0.15, 0.2) is 0 Å². The number of aromatic nitrogens is 3. The highest BCUT2D eigenvalue weighted by Crippen LogP contribution is 2.27. The molecule has 0 saturated carbocycles. The maximum absolute atomic E-state index is 13.1. The summed E-state index contributed by atoms with van der Waals surface area (Å²) < 4.78 is 8.36. The summed E-state index contributed by atoms with van der Waals surface area (Å²) in [6.07, 6.45) is 5.61. The Balaban J connectivity index is 2.06. The Hall–Kier alpha value is -2.90. The molecule has 3 aromatic rings. The highest BCUT2D eigenvalue weighted by atomic mass is 35.5. The first-order valence-corrected chi connectivity index (χ1v) is 9.67. The van der Waals surface area contributed by atoms with Gasteiger partial charge in [0.1, 0.15) is 5.69 Å². The van der Waals surface area contributed by atoms with E-state index in [0.29, 0.717) is 22.8 Å². The first kappa shape index (κ1) is 20.8. The Kier molecular flexibility index (Phi) is 6.51. The second kappa shape index (κ2) is 9.07. The summed E-state index contributed by atoms with van der Waals surface area (Å²) in [5, 5.41) is 3.31. The van der Waals surface area contributed by atoms with Crippen LogP contribution in [0.2, 0.25) is 5.02 Å². The summed E-state index contributed by atoms with van der Waals surface area (Å²) in [5.41, 5.74) is 1.31. The molecule has 0 radical (unpaired) electrons. The zero-order chi connectivity index (χ0) is 21.0. The van der Waals surface area contributed by atoms with E-state index >= 15 is 0 Å². The van der Waals surface area contributed by atoms with E-state index in [1.54, 1.807) is 36.0 Å². The Morgan fingerprint density at radius 1 is 1.38 bits per heavy atom. The molecule has 3 rings (SSSR count). The number of fused-ring (bicyclic) bond motifs is 1. The van der Waals surface area contributed by atoms with Crippen LogP contribution in [0.4, 0.5) is 0 Å². The molecule has 2 aromatic heterocycles. The molecule has 1 atom stereocenters. The molecule has 29 heavy (non-hydrogen) atoms. The molecular weight excluding hydrogens is 392 g/mol. The Bertz CT molecular complexity index is 1100. The first-order chi connectivity index (χ1) is 14.0. The minimum absolute atomic E-state index is 0.0763. The summed E-state index contributed by atoms with van der Waals surface area (Å²) in [4.78, 5) is 29.8. The second-order valence-electron chi connectivity index (χ2n) is 6.53. The molecular formula is C21H23ClN4O3. The van der Waals surface area contributed by atoms with Gasteiger partial charge in [-0.1, -0.05) is 42.8 Å². The van der Waals surface area contributed by atoms with Crippen LogP contribution in [-0.4, -0.2) is 39.6 Å². The number of hydrogen-bond donors (Lipinski definition) is 1. The number of hydrogen-bond acceptors (Lipinski definition) is 4. The maximum Gasteiger partial charge on any atom is 0.295 e. The predicted octanol–water partition coefficient (Wildman–Crippen LogP) is 3.16. The molecule has 1 amide bonds. The van der Waals surface area contributed by atoms with E-state index in [2.05, 4.69) is 16.9 Å². The number of rotatable bonds is 8. The molecule has 2 heterocycles. The van der Waals surface area contributed by atoms with Crippen LogP contribution in [0.15, 0.2) is 54.1 Å². The predicted molar refractivity (Wildman–Crippen MR) is 114 cm³/mol. The van der Waals surface area contributed by atoms with Gasteiger partial charge < -0.3 is 10.1 Å². The highest BCUT2D eigenvalue weighted by Gasteiger charge is 2.18. The lowest BCUT2D eigenvalue weighted by Crippen LogP contribution is -2.33. The third-order valence-corrected chi connectivity index (χ3v) is 5.02. The molecule has 0 unspecified atom stereocenters. The van der Waals surface area contributed by atoms with Gasteiger partial charge in [-0.15, -0.1) is 6.58 Å². The van der Waals surface area contributed by atoms with Gasteiger partial charge in [0, 0.05) is 43.2 Å². The van der Waals surface area contributed by atoms with Crippen LogP contribution in [-0.2, 0) is 11.3 Å². The Labute approximate surface area is 173 Å². The van der Waals surface area contributed by atoms with Gasteiger partial charge in [0.2, 0.25) is 5.65 Å². The van der Waals surface area contributed by atoms with Crippen molar-refractivity contribution in [3.63, 3.8) is 0 Å². The molecule has 0 aliphatic heterocycles. The normalized spacial score (nSPS) is 12.1. The molecule has 0 bridgehead atoms.